The Kier molecular flexibility index (Phi) is 3.29. The van der Waals surface area contributed by atoms with Crippen molar-refractivity contribution in [2.45, 2.75) is 0 Å². The Balaban J connectivity index is 2.88. The van der Waals surface area contributed by atoms with Gasteiger partial charge in [0.2, 0.25) is 0 Å². The predicted octanol–water partition coefficient (Wildman–Crippen LogP) is 3.15. The van der Waals surface area contributed by atoms with E-state index >= 15 is 0 Å². The lowest BCUT2D eigenvalue weighted by atomic mass is 10.3. The van der Waals surface area contributed by atoms with Crippen molar-refractivity contribution in [3.8, 4) is 5.75 Å². The molecule has 3 heteroatoms. The summed E-state index contributed by atoms with van der Waals surface area (Å²) in [5.74, 6) is -0.136. The Morgan fingerprint density at radius 3 is 2.92 bits per heavy atom. The Morgan fingerprint density at radius 2 is 2.33 bits per heavy atom. The molecule has 0 bridgehead atoms. The molecule has 0 saturated carbocycles. The minimum absolute atomic E-state index is 0.234. The molecule has 0 unspecified atom stereocenters. The van der Waals surface area contributed by atoms with Crippen molar-refractivity contribution < 1.29 is 9.13 Å². The Labute approximate surface area is 79.0 Å². The van der Waals surface area contributed by atoms with E-state index in [1.54, 1.807) is 18.2 Å². The number of para-hydroxylation sites is 1. The third-order valence-corrected chi connectivity index (χ3v) is 1.89. The fourth-order valence-corrected chi connectivity index (χ4v) is 1.22. The van der Waals surface area contributed by atoms with E-state index < -0.39 is 0 Å². The van der Waals surface area contributed by atoms with Gasteiger partial charge in [0.1, 0.15) is 6.61 Å². The van der Waals surface area contributed by atoms with Gasteiger partial charge in [-0.05, 0) is 28.1 Å². The lowest BCUT2D eigenvalue weighted by molar-refractivity contribution is 0.339. The molecule has 0 saturated heterocycles. The number of hydrogen-bond acceptors (Lipinski definition) is 1. The molecule has 1 aromatic rings. The summed E-state index contributed by atoms with van der Waals surface area (Å²) in [6, 6.07) is 4.69. The summed E-state index contributed by atoms with van der Waals surface area (Å²) in [5.41, 5.74) is 0. The largest absolute Gasteiger partial charge is 0.485 e. The first kappa shape index (κ1) is 9.26. The van der Waals surface area contributed by atoms with Gasteiger partial charge in [0.25, 0.3) is 0 Å². The van der Waals surface area contributed by atoms with Crippen LogP contribution < -0.4 is 4.74 Å². The fraction of sp³-hybridized carbons (Fsp3) is 0.111. The van der Waals surface area contributed by atoms with Gasteiger partial charge < -0.3 is 4.74 Å². The average molecular weight is 231 g/mol. The van der Waals surface area contributed by atoms with Crippen LogP contribution in [0.4, 0.5) is 4.39 Å². The minimum Gasteiger partial charge on any atom is -0.485 e. The van der Waals surface area contributed by atoms with Crippen LogP contribution in [0.15, 0.2) is 35.3 Å². The van der Waals surface area contributed by atoms with Crippen molar-refractivity contribution in [3.05, 3.63) is 41.1 Å². The Morgan fingerprint density at radius 1 is 1.58 bits per heavy atom. The molecule has 12 heavy (non-hydrogen) atoms. The fourth-order valence-electron chi connectivity index (χ4n) is 0.763. The monoisotopic (exact) mass is 230 g/mol. The van der Waals surface area contributed by atoms with Crippen molar-refractivity contribution >= 4 is 15.9 Å². The number of ether oxygens (including phenoxy) is 1. The molecule has 0 aliphatic heterocycles. The molecular formula is C9H8BrFO. The third kappa shape index (κ3) is 2.08. The van der Waals surface area contributed by atoms with Crippen molar-refractivity contribution in [1.82, 2.24) is 0 Å². The molecule has 0 aliphatic carbocycles. The number of rotatable bonds is 3. The molecule has 0 amide bonds. The Bertz CT molecular complexity index is 266. The van der Waals surface area contributed by atoms with Crippen LogP contribution in [0.2, 0.25) is 0 Å². The van der Waals surface area contributed by atoms with Crippen LogP contribution in [0.5, 0.6) is 5.75 Å². The summed E-state index contributed by atoms with van der Waals surface area (Å²) in [6.45, 7) is 3.78. The topological polar surface area (TPSA) is 9.23 Å². The highest BCUT2D eigenvalue weighted by molar-refractivity contribution is 9.10. The van der Waals surface area contributed by atoms with Crippen LogP contribution in [0.1, 0.15) is 0 Å². The van der Waals surface area contributed by atoms with Crippen molar-refractivity contribution in [3.63, 3.8) is 0 Å². The van der Waals surface area contributed by atoms with Crippen molar-refractivity contribution in [2.75, 3.05) is 6.61 Å². The van der Waals surface area contributed by atoms with Gasteiger partial charge in [-0.15, -0.1) is 0 Å². The molecule has 0 N–H and O–H groups in total. The zero-order chi connectivity index (χ0) is 8.97. The normalized spacial score (nSPS) is 9.50. The molecular weight excluding hydrogens is 223 g/mol. The first-order valence-electron chi connectivity index (χ1n) is 3.43. The van der Waals surface area contributed by atoms with E-state index in [2.05, 4.69) is 22.5 Å². The molecule has 0 fully saturated rings. The van der Waals surface area contributed by atoms with Crippen LogP contribution in [0.3, 0.4) is 0 Å². The van der Waals surface area contributed by atoms with Gasteiger partial charge in [0.05, 0.1) is 4.47 Å². The standard InChI is InChI=1S/C9H8BrFO/c1-2-6-12-9-7(10)4-3-5-8(9)11/h2-5H,1,6H2. The van der Waals surface area contributed by atoms with E-state index in [0.29, 0.717) is 11.1 Å². The number of benzene rings is 1. The highest BCUT2D eigenvalue weighted by Gasteiger charge is 2.05. The molecule has 1 aromatic carbocycles. The van der Waals surface area contributed by atoms with Gasteiger partial charge in [-0.2, -0.15) is 0 Å². The summed E-state index contributed by atoms with van der Waals surface area (Å²) < 4.78 is 18.7. The smallest absolute Gasteiger partial charge is 0.169 e. The predicted molar refractivity (Wildman–Crippen MR) is 49.8 cm³/mol. The lowest BCUT2D eigenvalue weighted by Crippen LogP contribution is -1.96. The van der Waals surface area contributed by atoms with Crippen LogP contribution in [0, 0.1) is 5.82 Å². The summed E-state index contributed by atoms with van der Waals surface area (Å²) in [5, 5.41) is 0. The van der Waals surface area contributed by atoms with Gasteiger partial charge in [0, 0.05) is 0 Å². The van der Waals surface area contributed by atoms with Crippen LogP contribution in [-0.2, 0) is 0 Å². The summed E-state index contributed by atoms with van der Waals surface area (Å²) in [6.07, 6.45) is 1.57. The second-order valence-electron chi connectivity index (χ2n) is 2.15. The third-order valence-electron chi connectivity index (χ3n) is 1.26. The second kappa shape index (κ2) is 4.26. The van der Waals surface area contributed by atoms with Crippen molar-refractivity contribution in [2.24, 2.45) is 0 Å². The van der Waals surface area contributed by atoms with Gasteiger partial charge in [0.15, 0.2) is 11.6 Å². The average Bonchev–Trinajstić information content (AvgIpc) is 2.04. The van der Waals surface area contributed by atoms with Crippen molar-refractivity contribution in [1.29, 1.82) is 0 Å². The molecule has 0 radical (unpaired) electrons. The first-order chi connectivity index (χ1) is 5.75. The maximum atomic E-state index is 13.0. The quantitative estimate of drug-likeness (QED) is 0.726. The number of halogens is 2. The summed E-state index contributed by atoms with van der Waals surface area (Å²) >= 11 is 3.18. The van der Waals surface area contributed by atoms with Gasteiger partial charge in [-0.25, -0.2) is 4.39 Å². The molecule has 1 rings (SSSR count). The van der Waals surface area contributed by atoms with Crippen LogP contribution in [-0.4, -0.2) is 6.61 Å². The maximum absolute atomic E-state index is 13.0. The molecule has 0 heterocycles. The molecule has 0 spiro atoms. The van der Waals surface area contributed by atoms with E-state index in [1.807, 2.05) is 0 Å². The molecule has 1 nitrogen and oxygen atoms in total. The minimum atomic E-state index is -0.369. The highest BCUT2D eigenvalue weighted by atomic mass is 79.9. The highest BCUT2D eigenvalue weighted by Crippen LogP contribution is 2.27. The lowest BCUT2D eigenvalue weighted by Gasteiger charge is -2.05. The van der Waals surface area contributed by atoms with E-state index in [9.17, 15) is 4.39 Å². The number of hydrogen-bond donors (Lipinski definition) is 0. The molecule has 0 aromatic heterocycles. The van der Waals surface area contributed by atoms with Gasteiger partial charge >= 0.3 is 0 Å². The van der Waals surface area contributed by atoms with E-state index in [4.69, 9.17) is 4.74 Å². The molecule has 0 atom stereocenters. The van der Waals surface area contributed by atoms with E-state index in [0.717, 1.165) is 0 Å². The van der Waals surface area contributed by atoms with Crippen LogP contribution >= 0.6 is 15.9 Å². The van der Waals surface area contributed by atoms with Gasteiger partial charge in [-0.3, -0.25) is 0 Å². The summed E-state index contributed by atoms with van der Waals surface area (Å²) in [4.78, 5) is 0. The Hall–Kier alpha value is -0.830. The zero-order valence-corrected chi connectivity index (χ0v) is 7.97. The SMILES string of the molecule is C=CCOc1c(F)cccc1Br. The summed E-state index contributed by atoms with van der Waals surface area (Å²) in [7, 11) is 0. The van der Waals surface area contributed by atoms with E-state index in [1.165, 1.54) is 6.07 Å². The maximum Gasteiger partial charge on any atom is 0.169 e. The van der Waals surface area contributed by atoms with Gasteiger partial charge in [-0.1, -0.05) is 18.7 Å². The molecule has 0 aliphatic rings. The zero-order valence-electron chi connectivity index (χ0n) is 6.39. The first-order valence-corrected chi connectivity index (χ1v) is 4.22. The molecule has 64 valence electrons. The second-order valence-corrected chi connectivity index (χ2v) is 3.00. The van der Waals surface area contributed by atoms with E-state index in [-0.39, 0.29) is 11.6 Å². The van der Waals surface area contributed by atoms with Crippen LogP contribution in [0.25, 0.3) is 0 Å².